The summed E-state index contributed by atoms with van der Waals surface area (Å²) < 4.78 is 19.2. The number of amides is 2. The van der Waals surface area contributed by atoms with E-state index in [0.29, 0.717) is 31.9 Å². The van der Waals surface area contributed by atoms with E-state index in [2.05, 4.69) is 5.32 Å². The lowest BCUT2D eigenvalue weighted by Gasteiger charge is -2.38. The number of nitrogens with zero attached hydrogens (tertiary/aromatic N) is 2. The molecule has 0 radical (unpaired) electrons. The number of para-hydroxylation sites is 1. The van der Waals surface area contributed by atoms with Gasteiger partial charge in [-0.25, -0.2) is 9.18 Å². The summed E-state index contributed by atoms with van der Waals surface area (Å²) in [5.74, 6) is -0.470. The van der Waals surface area contributed by atoms with E-state index in [1.807, 2.05) is 18.7 Å². The Morgan fingerprint density at radius 3 is 2.22 bits per heavy atom. The van der Waals surface area contributed by atoms with Gasteiger partial charge in [-0.3, -0.25) is 4.79 Å². The molecule has 1 N–H and O–H groups in total. The van der Waals surface area contributed by atoms with Crippen molar-refractivity contribution in [3.63, 3.8) is 0 Å². The molecule has 0 aliphatic carbocycles. The Morgan fingerprint density at radius 1 is 1.11 bits per heavy atom. The van der Waals surface area contributed by atoms with Crippen LogP contribution in [0.4, 0.5) is 14.9 Å². The summed E-state index contributed by atoms with van der Waals surface area (Å²) in [6.45, 7) is 11.2. The van der Waals surface area contributed by atoms with Crippen LogP contribution >= 0.6 is 0 Å². The monoisotopic (exact) mass is 379 g/mol. The normalized spacial score (nSPS) is 16.3. The predicted octanol–water partition coefficient (Wildman–Crippen LogP) is 3.02. The summed E-state index contributed by atoms with van der Waals surface area (Å²) in [6, 6.07) is 5.99. The highest BCUT2D eigenvalue weighted by atomic mass is 19.1. The molecule has 1 aliphatic heterocycles. The molecule has 150 valence electrons. The molecule has 1 saturated heterocycles. The van der Waals surface area contributed by atoms with E-state index in [1.54, 1.807) is 43.9 Å². The number of halogens is 1. The lowest BCUT2D eigenvalue weighted by molar-refractivity contribution is -0.134. The van der Waals surface area contributed by atoms with Crippen LogP contribution in [0, 0.1) is 11.7 Å². The number of benzene rings is 1. The highest BCUT2D eigenvalue weighted by Gasteiger charge is 2.32. The van der Waals surface area contributed by atoms with Crippen molar-refractivity contribution in [2.75, 3.05) is 31.1 Å². The van der Waals surface area contributed by atoms with Crippen molar-refractivity contribution in [1.82, 2.24) is 10.2 Å². The Hall–Kier alpha value is -2.31. The first-order valence-corrected chi connectivity index (χ1v) is 9.36. The molecule has 1 unspecified atom stereocenters. The zero-order chi connectivity index (χ0) is 20.2. The van der Waals surface area contributed by atoms with Crippen LogP contribution in [-0.4, -0.2) is 54.7 Å². The van der Waals surface area contributed by atoms with Crippen LogP contribution in [0.1, 0.15) is 34.6 Å². The van der Waals surface area contributed by atoms with Gasteiger partial charge in [0.25, 0.3) is 0 Å². The summed E-state index contributed by atoms with van der Waals surface area (Å²) in [5.41, 5.74) is -0.0723. The quantitative estimate of drug-likeness (QED) is 0.874. The van der Waals surface area contributed by atoms with Gasteiger partial charge >= 0.3 is 6.09 Å². The molecule has 6 nitrogen and oxygen atoms in total. The molecule has 7 heteroatoms. The van der Waals surface area contributed by atoms with Crippen LogP contribution in [0.15, 0.2) is 24.3 Å². The van der Waals surface area contributed by atoms with Gasteiger partial charge in [0.05, 0.1) is 5.69 Å². The van der Waals surface area contributed by atoms with Crippen molar-refractivity contribution in [3.05, 3.63) is 30.1 Å². The second-order valence-electron chi connectivity index (χ2n) is 8.13. The summed E-state index contributed by atoms with van der Waals surface area (Å²) in [6.07, 6.45) is -0.598. The van der Waals surface area contributed by atoms with Gasteiger partial charge in [0.15, 0.2) is 0 Å². The number of anilines is 1. The van der Waals surface area contributed by atoms with Crippen LogP contribution in [0.25, 0.3) is 0 Å². The highest BCUT2D eigenvalue weighted by Crippen LogP contribution is 2.21. The number of piperazine rings is 1. The SMILES string of the molecule is CC(C)C(NC(=O)OC(C)(C)C)C(=O)N1CCN(c2ccccc2F)CC1. The summed E-state index contributed by atoms with van der Waals surface area (Å²) >= 11 is 0. The molecule has 1 fully saturated rings. The number of hydrogen-bond acceptors (Lipinski definition) is 4. The van der Waals surface area contributed by atoms with Gasteiger partial charge < -0.3 is 19.9 Å². The fourth-order valence-electron chi connectivity index (χ4n) is 3.02. The third-order valence-corrected chi connectivity index (χ3v) is 4.39. The van der Waals surface area contributed by atoms with Gasteiger partial charge in [-0.1, -0.05) is 26.0 Å². The van der Waals surface area contributed by atoms with Gasteiger partial charge in [-0.15, -0.1) is 0 Å². The Bertz CT molecular complexity index is 665. The first-order valence-electron chi connectivity index (χ1n) is 9.36. The van der Waals surface area contributed by atoms with E-state index in [0.717, 1.165) is 0 Å². The first-order chi connectivity index (χ1) is 12.6. The number of carbonyl (C=O) groups is 2. The van der Waals surface area contributed by atoms with Crippen LogP contribution in [0.2, 0.25) is 0 Å². The third-order valence-electron chi connectivity index (χ3n) is 4.39. The van der Waals surface area contributed by atoms with Gasteiger partial charge in [0, 0.05) is 26.2 Å². The Labute approximate surface area is 160 Å². The molecule has 1 aromatic rings. The summed E-state index contributed by atoms with van der Waals surface area (Å²) in [4.78, 5) is 28.7. The molecule has 1 atom stereocenters. The summed E-state index contributed by atoms with van der Waals surface area (Å²) in [7, 11) is 0. The van der Waals surface area contributed by atoms with E-state index in [1.165, 1.54) is 6.07 Å². The molecule has 0 spiro atoms. The van der Waals surface area contributed by atoms with Crippen LogP contribution in [-0.2, 0) is 9.53 Å². The standard InChI is InChI=1S/C20H30FN3O3/c1-14(2)17(22-19(26)27-20(3,4)5)18(25)24-12-10-23(11-13-24)16-9-7-6-8-15(16)21/h6-9,14,17H,10-13H2,1-5H3,(H,22,26). The van der Waals surface area contributed by atoms with Crippen molar-refractivity contribution < 1.29 is 18.7 Å². The van der Waals surface area contributed by atoms with Crippen LogP contribution in [0.5, 0.6) is 0 Å². The molecule has 1 aliphatic rings. The lowest BCUT2D eigenvalue weighted by atomic mass is 10.0. The van der Waals surface area contributed by atoms with E-state index in [9.17, 15) is 14.0 Å². The Balaban J connectivity index is 1.97. The fourth-order valence-corrected chi connectivity index (χ4v) is 3.02. The zero-order valence-electron chi connectivity index (χ0n) is 16.8. The molecule has 1 aromatic carbocycles. The average Bonchev–Trinajstić information content (AvgIpc) is 2.58. The molecule has 2 amide bonds. The molecule has 0 aromatic heterocycles. The molecular weight excluding hydrogens is 349 g/mol. The topological polar surface area (TPSA) is 61.9 Å². The number of carbonyl (C=O) groups excluding carboxylic acids is 2. The molecule has 1 heterocycles. The number of nitrogens with one attached hydrogen (secondary N) is 1. The van der Waals surface area contributed by atoms with Crippen molar-refractivity contribution >= 4 is 17.7 Å². The smallest absolute Gasteiger partial charge is 0.408 e. The Kier molecular flexibility index (Phi) is 6.68. The van der Waals surface area contributed by atoms with Crippen molar-refractivity contribution in [2.45, 2.75) is 46.3 Å². The highest BCUT2D eigenvalue weighted by molar-refractivity contribution is 5.86. The number of rotatable bonds is 4. The predicted molar refractivity (Wildman–Crippen MR) is 103 cm³/mol. The minimum Gasteiger partial charge on any atom is -0.444 e. The molecular formula is C20H30FN3O3. The second kappa shape index (κ2) is 8.59. The molecule has 0 saturated carbocycles. The largest absolute Gasteiger partial charge is 0.444 e. The van der Waals surface area contributed by atoms with E-state index in [-0.39, 0.29) is 17.6 Å². The fraction of sp³-hybridized carbons (Fsp3) is 0.600. The molecule has 27 heavy (non-hydrogen) atoms. The maximum absolute atomic E-state index is 14.0. The maximum atomic E-state index is 14.0. The van der Waals surface area contributed by atoms with Gasteiger partial charge in [0.2, 0.25) is 5.91 Å². The van der Waals surface area contributed by atoms with Gasteiger partial charge in [-0.05, 0) is 38.8 Å². The van der Waals surface area contributed by atoms with E-state index >= 15 is 0 Å². The van der Waals surface area contributed by atoms with E-state index < -0.39 is 17.7 Å². The van der Waals surface area contributed by atoms with E-state index in [4.69, 9.17) is 4.74 Å². The first kappa shape index (κ1) is 21.0. The summed E-state index contributed by atoms with van der Waals surface area (Å²) in [5, 5.41) is 2.70. The second-order valence-corrected chi connectivity index (χ2v) is 8.13. The van der Waals surface area contributed by atoms with Crippen molar-refractivity contribution in [2.24, 2.45) is 5.92 Å². The van der Waals surface area contributed by atoms with Crippen molar-refractivity contribution in [1.29, 1.82) is 0 Å². The Morgan fingerprint density at radius 2 is 1.70 bits per heavy atom. The van der Waals surface area contributed by atoms with Crippen LogP contribution in [0.3, 0.4) is 0 Å². The minimum absolute atomic E-state index is 0.0744. The molecule has 0 bridgehead atoms. The number of ether oxygens (including phenoxy) is 1. The maximum Gasteiger partial charge on any atom is 0.408 e. The number of alkyl carbamates (subject to hydrolysis) is 1. The molecule has 2 rings (SSSR count). The van der Waals surface area contributed by atoms with Crippen LogP contribution < -0.4 is 10.2 Å². The van der Waals surface area contributed by atoms with Gasteiger partial charge in [0.1, 0.15) is 17.5 Å². The average molecular weight is 379 g/mol. The number of hydrogen-bond donors (Lipinski definition) is 1. The minimum atomic E-state index is -0.653. The van der Waals surface area contributed by atoms with Gasteiger partial charge in [-0.2, -0.15) is 0 Å². The van der Waals surface area contributed by atoms with Crippen molar-refractivity contribution in [3.8, 4) is 0 Å². The third kappa shape index (κ3) is 5.84. The lowest BCUT2D eigenvalue weighted by Crippen LogP contribution is -2.57. The zero-order valence-corrected chi connectivity index (χ0v) is 16.8.